The molecule has 126 valence electrons. The number of hydrogen-bond acceptors (Lipinski definition) is 8. The van der Waals surface area contributed by atoms with Crippen molar-refractivity contribution in [2.45, 2.75) is 25.3 Å². The van der Waals surface area contributed by atoms with Crippen LogP contribution in [0.5, 0.6) is 6.01 Å². The molecule has 2 heterocycles. The molecule has 0 spiro atoms. The van der Waals surface area contributed by atoms with Gasteiger partial charge in [0.25, 0.3) is 0 Å². The first-order chi connectivity index (χ1) is 10.7. The number of nitrogens with zero attached hydrogens (tertiary/aromatic N) is 5. The number of aromatic nitrogens is 5. The zero-order valence-corrected chi connectivity index (χ0v) is 14.4. The van der Waals surface area contributed by atoms with E-state index < -0.39 is 10.0 Å². The zero-order valence-electron chi connectivity index (χ0n) is 13.6. The molecule has 0 saturated carbocycles. The molecule has 23 heavy (non-hydrogen) atoms. The second kappa shape index (κ2) is 6.46. The van der Waals surface area contributed by atoms with Gasteiger partial charge in [0.15, 0.2) is 5.82 Å². The second-order valence-corrected chi connectivity index (χ2v) is 6.72. The fraction of sp³-hybridized carbons (Fsp3) is 0.500. The van der Waals surface area contributed by atoms with E-state index in [9.17, 15) is 8.42 Å². The van der Waals surface area contributed by atoms with Gasteiger partial charge < -0.3 is 9.64 Å². The maximum atomic E-state index is 12.4. The molecule has 0 amide bonds. The standard InChI is InChI=1S/C12H19N7O3S/c1-7-10(8(2)18-17-7)23(20,21)13-6-9-14-11(19(3)4)16-12(15-9)22-5/h13H,6H2,1-5H3,(H,17,18). The van der Waals surface area contributed by atoms with Crippen LogP contribution in [-0.2, 0) is 16.6 Å². The third-order valence-corrected chi connectivity index (χ3v) is 4.64. The van der Waals surface area contributed by atoms with E-state index in [-0.39, 0.29) is 23.3 Å². The molecule has 0 aliphatic rings. The molecule has 2 aromatic rings. The van der Waals surface area contributed by atoms with Crippen molar-refractivity contribution >= 4 is 16.0 Å². The molecular formula is C12H19N7O3S. The van der Waals surface area contributed by atoms with E-state index >= 15 is 0 Å². The Kier molecular flexibility index (Phi) is 4.80. The Morgan fingerprint density at radius 3 is 2.43 bits per heavy atom. The van der Waals surface area contributed by atoms with Gasteiger partial charge in [0.05, 0.1) is 25.0 Å². The normalized spacial score (nSPS) is 11.5. The number of aromatic amines is 1. The molecule has 0 radical (unpaired) electrons. The summed E-state index contributed by atoms with van der Waals surface area (Å²) < 4.78 is 32.3. The Morgan fingerprint density at radius 2 is 1.91 bits per heavy atom. The monoisotopic (exact) mass is 341 g/mol. The molecule has 0 aliphatic carbocycles. The predicted molar refractivity (Wildman–Crippen MR) is 82.8 cm³/mol. The average molecular weight is 341 g/mol. The summed E-state index contributed by atoms with van der Waals surface area (Å²) in [6.07, 6.45) is 0. The maximum Gasteiger partial charge on any atom is 0.321 e. The molecule has 0 aromatic carbocycles. The highest BCUT2D eigenvalue weighted by Crippen LogP contribution is 2.17. The largest absolute Gasteiger partial charge is 0.467 e. The number of methoxy groups -OCH3 is 1. The maximum absolute atomic E-state index is 12.4. The summed E-state index contributed by atoms with van der Waals surface area (Å²) in [4.78, 5) is 14.1. The minimum absolute atomic E-state index is 0.0912. The van der Waals surface area contributed by atoms with Crippen molar-refractivity contribution in [2.75, 3.05) is 26.1 Å². The van der Waals surface area contributed by atoms with Crippen molar-refractivity contribution in [3.05, 3.63) is 17.2 Å². The van der Waals surface area contributed by atoms with Gasteiger partial charge >= 0.3 is 6.01 Å². The summed E-state index contributed by atoms with van der Waals surface area (Å²) in [7, 11) is 1.23. The van der Waals surface area contributed by atoms with E-state index in [1.54, 1.807) is 32.8 Å². The van der Waals surface area contributed by atoms with Crippen LogP contribution in [-0.4, -0.2) is 54.8 Å². The van der Waals surface area contributed by atoms with Crippen LogP contribution in [0.1, 0.15) is 17.2 Å². The fourth-order valence-corrected chi connectivity index (χ4v) is 3.27. The van der Waals surface area contributed by atoms with Crippen molar-refractivity contribution in [1.82, 2.24) is 29.9 Å². The van der Waals surface area contributed by atoms with Crippen molar-refractivity contribution in [2.24, 2.45) is 0 Å². The van der Waals surface area contributed by atoms with Gasteiger partial charge in [-0.15, -0.1) is 0 Å². The molecule has 2 aromatic heterocycles. The Balaban J connectivity index is 2.25. The van der Waals surface area contributed by atoms with Crippen LogP contribution in [0.4, 0.5) is 5.95 Å². The first kappa shape index (κ1) is 17.1. The zero-order chi connectivity index (χ0) is 17.2. The Hall–Kier alpha value is -2.27. The van der Waals surface area contributed by atoms with Crippen molar-refractivity contribution in [3.63, 3.8) is 0 Å². The Morgan fingerprint density at radius 1 is 1.22 bits per heavy atom. The van der Waals surface area contributed by atoms with Gasteiger partial charge in [-0.2, -0.15) is 20.1 Å². The third-order valence-electron chi connectivity index (χ3n) is 2.98. The molecular weight excluding hydrogens is 322 g/mol. The van der Waals surface area contributed by atoms with Gasteiger partial charge in [-0.3, -0.25) is 5.10 Å². The van der Waals surface area contributed by atoms with Crippen LogP contribution in [0.3, 0.4) is 0 Å². The molecule has 0 bridgehead atoms. The number of hydrogen-bond donors (Lipinski definition) is 2. The summed E-state index contributed by atoms with van der Waals surface area (Å²) in [5, 5.41) is 6.54. The molecule has 0 saturated heterocycles. The molecule has 0 unspecified atom stereocenters. The summed E-state index contributed by atoms with van der Waals surface area (Å²) in [5.74, 6) is 0.629. The SMILES string of the molecule is COc1nc(CNS(=O)(=O)c2c(C)n[nH]c2C)nc(N(C)C)n1. The summed E-state index contributed by atoms with van der Waals surface area (Å²) in [6.45, 7) is 3.17. The highest BCUT2D eigenvalue weighted by atomic mass is 32.2. The molecule has 2 rings (SSSR count). The van der Waals surface area contributed by atoms with Gasteiger partial charge in [0, 0.05) is 14.1 Å². The molecule has 10 nitrogen and oxygen atoms in total. The second-order valence-electron chi connectivity index (χ2n) is 5.02. The molecule has 2 N–H and O–H groups in total. The van der Waals surface area contributed by atoms with E-state index in [1.165, 1.54) is 7.11 Å². The van der Waals surface area contributed by atoms with Crippen LogP contribution in [0.15, 0.2) is 4.90 Å². The molecule has 0 atom stereocenters. The minimum Gasteiger partial charge on any atom is -0.467 e. The van der Waals surface area contributed by atoms with Crippen LogP contribution in [0, 0.1) is 13.8 Å². The van der Waals surface area contributed by atoms with E-state index in [0.29, 0.717) is 17.3 Å². The van der Waals surface area contributed by atoms with Crippen LogP contribution in [0.2, 0.25) is 0 Å². The van der Waals surface area contributed by atoms with Gasteiger partial charge in [0.1, 0.15) is 4.90 Å². The minimum atomic E-state index is -3.73. The van der Waals surface area contributed by atoms with Crippen LogP contribution in [0.25, 0.3) is 0 Å². The summed E-state index contributed by atoms with van der Waals surface area (Å²) in [6, 6.07) is 0.119. The third kappa shape index (κ3) is 3.74. The van der Waals surface area contributed by atoms with Gasteiger partial charge in [-0.05, 0) is 13.8 Å². The average Bonchev–Trinajstić information content (AvgIpc) is 2.84. The van der Waals surface area contributed by atoms with E-state index in [2.05, 4.69) is 29.9 Å². The van der Waals surface area contributed by atoms with Gasteiger partial charge in [-0.1, -0.05) is 0 Å². The van der Waals surface area contributed by atoms with Crippen LogP contribution >= 0.6 is 0 Å². The first-order valence-electron chi connectivity index (χ1n) is 6.72. The number of H-pyrrole nitrogens is 1. The number of anilines is 1. The smallest absolute Gasteiger partial charge is 0.321 e. The summed E-state index contributed by atoms with van der Waals surface area (Å²) >= 11 is 0. The molecule has 0 fully saturated rings. The Labute approximate surface area is 134 Å². The van der Waals surface area contributed by atoms with Crippen LogP contribution < -0.4 is 14.4 Å². The van der Waals surface area contributed by atoms with Crippen molar-refractivity contribution in [1.29, 1.82) is 0 Å². The van der Waals surface area contributed by atoms with E-state index in [0.717, 1.165) is 0 Å². The van der Waals surface area contributed by atoms with E-state index in [1.807, 2.05) is 0 Å². The van der Waals surface area contributed by atoms with Gasteiger partial charge in [-0.25, -0.2) is 13.1 Å². The number of nitrogens with one attached hydrogen (secondary N) is 2. The Bertz CT molecular complexity index is 781. The van der Waals surface area contributed by atoms with Crippen molar-refractivity contribution < 1.29 is 13.2 Å². The highest BCUT2D eigenvalue weighted by molar-refractivity contribution is 7.89. The van der Waals surface area contributed by atoms with Gasteiger partial charge in [0.2, 0.25) is 16.0 Å². The molecule has 11 heteroatoms. The van der Waals surface area contributed by atoms with E-state index in [4.69, 9.17) is 4.74 Å². The molecule has 0 aliphatic heterocycles. The highest BCUT2D eigenvalue weighted by Gasteiger charge is 2.22. The number of aryl methyl sites for hydroxylation is 2. The number of sulfonamides is 1. The lowest BCUT2D eigenvalue weighted by Crippen LogP contribution is -2.26. The topological polar surface area (TPSA) is 126 Å². The number of ether oxygens (including phenoxy) is 1. The fourth-order valence-electron chi connectivity index (χ4n) is 1.93. The predicted octanol–water partition coefficient (Wildman–Crippen LogP) is -0.235. The lowest BCUT2D eigenvalue weighted by molar-refractivity contribution is 0.375. The quantitative estimate of drug-likeness (QED) is 0.737. The number of rotatable bonds is 6. The lowest BCUT2D eigenvalue weighted by atomic mass is 10.4. The van der Waals surface area contributed by atoms with Crippen molar-refractivity contribution in [3.8, 4) is 6.01 Å². The lowest BCUT2D eigenvalue weighted by Gasteiger charge is -2.12. The summed E-state index contributed by atoms with van der Waals surface area (Å²) in [5.41, 5.74) is 0.870. The first-order valence-corrected chi connectivity index (χ1v) is 8.20.